The predicted octanol–water partition coefficient (Wildman–Crippen LogP) is 6.16. The lowest BCUT2D eigenvalue weighted by Crippen LogP contribution is -2.55. The average Bonchev–Trinajstić information content (AvgIpc) is 3.34. The Morgan fingerprint density at radius 1 is 1.05 bits per heavy atom. The second kappa shape index (κ2) is 12.2. The molecule has 0 saturated heterocycles. The Labute approximate surface area is 259 Å². The molecule has 11 heteroatoms. The molecule has 3 unspecified atom stereocenters. The molecule has 3 aromatic carbocycles. The van der Waals surface area contributed by atoms with Crippen LogP contribution in [-0.4, -0.2) is 45.5 Å². The van der Waals surface area contributed by atoms with Crippen molar-refractivity contribution in [1.29, 1.82) is 0 Å². The molecular weight excluding hydrogens is 588 g/mol. The number of para-hydroxylation sites is 1. The van der Waals surface area contributed by atoms with Crippen molar-refractivity contribution in [2.75, 3.05) is 16.8 Å². The number of aryl methyl sites for hydroxylation is 1. The molecule has 8 nitrogen and oxygen atoms in total. The fourth-order valence-electron chi connectivity index (χ4n) is 5.50. The lowest BCUT2D eigenvalue weighted by molar-refractivity contribution is -0.121. The zero-order valence-electron chi connectivity index (χ0n) is 24.6. The Bertz CT molecular complexity index is 1720. The van der Waals surface area contributed by atoms with Gasteiger partial charge in [-0.2, -0.15) is 5.10 Å². The van der Waals surface area contributed by atoms with E-state index in [0.29, 0.717) is 28.3 Å². The van der Waals surface area contributed by atoms with Crippen molar-refractivity contribution in [1.82, 2.24) is 15.1 Å². The largest absolute Gasteiger partial charge is 0.339 e. The molecule has 1 aliphatic heterocycles. The number of fused-ring (bicyclic) bond motifs is 1. The van der Waals surface area contributed by atoms with Gasteiger partial charge in [0.2, 0.25) is 5.91 Å². The number of amides is 3. The van der Waals surface area contributed by atoms with E-state index < -0.39 is 41.0 Å². The molecule has 4 aromatic rings. The maximum Gasteiger partial charge on any atom is 0.270 e. The zero-order chi connectivity index (χ0) is 31.8. The summed E-state index contributed by atoms with van der Waals surface area (Å²) in [4.78, 5) is 41.9. The smallest absolute Gasteiger partial charge is 0.270 e. The topological polar surface area (TPSA) is 96.3 Å². The summed E-state index contributed by atoms with van der Waals surface area (Å²) in [5.74, 6) is -4.78. The van der Waals surface area contributed by atoms with Crippen LogP contribution in [0.2, 0.25) is 0 Å². The molecule has 3 amide bonds. The van der Waals surface area contributed by atoms with Gasteiger partial charge in [-0.3, -0.25) is 19.3 Å². The number of alkyl halides is 3. The monoisotopic (exact) mass is 619 g/mol. The Hall–Kier alpha value is -4.57. The summed E-state index contributed by atoms with van der Waals surface area (Å²) in [6.07, 6.45) is 0. The third-order valence-electron chi connectivity index (χ3n) is 7.62. The maximum atomic E-state index is 14.3. The fourth-order valence-corrected chi connectivity index (χ4v) is 5.56. The van der Waals surface area contributed by atoms with Crippen LogP contribution in [0.5, 0.6) is 0 Å². The molecule has 0 bridgehead atoms. The first-order chi connectivity index (χ1) is 20.9. The molecule has 0 saturated carbocycles. The Balaban J connectivity index is 1.66. The molecule has 0 spiro atoms. The van der Waals surface area contributed by atoms with E-state index in [2.05, 4.69) is 10.6 Å². The molecule has 3 atom stereocenters. The minimum absolute atomic E-state index is 0.00163. The summed E-state index contributed by atoms with van der Waals surface area (Å²) in [7, 11) is 0. The first-order valence-electron chi connectivity index (χ1n) is 14.2. The third-order valence-corrected chi connectivity index (χ3v) is 7.82. The highest BCUT2D eigenvalue weighted by molar-refractivity contribution is 6.32. The molecule has 1 aliphatic rings. The van der Waals surface area contributed by atoms with Crippen molar-refractivity contribution < 1.29 is 23.2 Å². The SMILES string of the molecule is CCN1C(=O)C(NC(=O)c2cccc(C(C)(F)F)c2)C(c2cccc(NC(=O)C(C)Cl)c2)c2c(C)nn(-c3ccccc3)c21. The van der Waals surface area contributed by atoms with Crippen LogP contribution in [0.15, 0.2) is 78.9 Å². The number of carbonyl (C=O) groups excluding carboxylic acids is 3. The van der Waals surface area contributed by atoms with Crippen LogP contribution >= 0.6 is 11.6 Å². The van der Waals surface area contributed by atoms with Gasteiger partial charge < -0.3 is 10.6 Å². The quantitative estimate of drug-likeness (QED) is 0.231. The molecule has 5 rings (SSSR count). The number of benzene rings is 3. The van der Waals surface area contributed by atoms with Crippen molar-refractivity contribution in [3.63, 3.8) is 0 Å². The summed E-state index contributed by atoms with van der Waals surface area (Å²) in [6.45, 7) is 6.26. The first kappa shape index (κ1) is 30.9. The molecule has 0 fully saturated rings. The summed E-state index contributed by atoms with van der Waals surface area (Å²) < 4.78 is 29.9. The first-order valence-corrected chi connectivity index (χ1v) is 14.6. The van der Waals surface area contributed by atoms with Gasteiger partial charge >= 0.3 is 0 Å². The van der Waals surface area contributed by atoms with Gasteiger partial charge in [-0.05, 0) is 62.7 Å². The number of aromatic nitrogens is 2. The average molecular weight is 620 g/mol. The van der Waals surface area contributed by atoms with Crippen molar-refractivity contribution in [2.24, 2.45) is 0 Å². The lowest BCUT2D eigenvalue weighted by Gasteiger charge is -2.38. The van der Waals surface area contributed by atoms with Crippen molar-refractivity contribution in [3.8, 4) is 5.69 Å². The number of likely N-dealkylation sites (N-methyl/N-ethyl adjacent to an activating group) is 1. The number of anilines is 2. The third kappa shape index (κ3) is 5.94. The van der Waals surface area contributed by atoms with E-state index in [4.69, 9.17) is 16.7 Å². The standard InChI is InChI=1S/C33H32ClF2N5O3/c1-5-40-31-26(20(3)39-41(31)25-15-7-6-8-16-25)27(21-11-10-14-24(18-21)37-29(42)19(2)34)28(32(40)44)38-30(43)22-12-9-13-23(17-22)33(4,35)36/h6-19,27-28H,5H2,1-4H3,(H,37,42)(H,38,43). The van der Waals surface area contributed by atoms with Gasteiger partial charge in [0.15, 0.2) is 0 Å². The van der Waals surface area contributed by atoms with Crippen molar-refractivity contribution in [3.05, 3.63) is 107 Å². The van der Waals surface area contributed by atoms with Gasteiger partial charge in [0.25, 0.3) is 17.7 Å². The molecule has 1 aromatic heterocycles. The highest BCUT2D eigenvalue weighted by Gasteiger charge is 2.45. The minimum Gasteiger partial charge on any atom is -0.339 e. The molecule has 2 N–H and O–H groups in total. The molecule has 44 heavy (non-hydrogen) atoms. The van der Waals surface area contributed by atoms with Gasteiger partial charge in [-0.1, -0.05) is 42.5 Å². The van der Waals surface area contributed by atoms with Gasteiger partial charge in [-0.25, -0.2) is 13.5 Å². The van der Waals surface area contributed by atoms with Gasteiger partial charge in [0, 0.05) is 41.8 Å². The Morgan fingerprint density at radius 2 is 1.75 bits per heavy atom. The van der Waals surface area contributed by atoms with E-state index in [1.807, 2.05) is 44.2 Å². The van der Waals surface area contributed by atoms with Crippen molar-refractivity contribution in [2.45, 2.75) is 51.0 Å². The van der Waals surface area contributed by atoms with Crippen LogP contribution in [0.1, 0.15) is 59.4 Å². The number of hydrogen-bond donors (Lipinski definition) is 2. The normalized spacial score (nSPS) is 17.2. The number of halogens is 3. The van der Waals surface area contributed by atoms with Crippen LogP contribution in [0.25, 0.3) is 5.69 Å². The lowest BCUT2D eigenvalue weighted by atomic mass is 9.81. The molecule has 0 aliphatic carbocycles. The number of rotatable bonds is 8. The van der Waals surface area contributed by atoms with E-state index >= 15 is 0 Å². The number of carbonyl (C=O) groups is 3. The van der Waals surface area contributed by atoms with E-state index in [0.717, 1.165) is 18.7 Å². The van der Waals surface area contributed by atoms with Crippen LogP contribution in [0.3, 0.4) is 0 Å². The van der Waals surface area contributed by atoms with Gasteiger partial charge in [0.1, 0.15) is 17.2 Å². The second-order valence-corrected chi connectivity index (χ2v) is 11.4. The van der Waals surface area contributed by atoms with Crippen LogP contribution in [0, 0.1) is 6.92 Å². The molecular formula is C33H32ClF2N5O3. The van der Waals surface area contributed by atoms with E-state index in [1.54, 1.807) is 40.8 Å². The summed E-state index contributed by atoms with van der Waals surface area (Å²) in [5, 5.41) is 9.67. The van der Waals surface area contributed by atoms with Gasteiger partial charge in [0.05, 0.1) is 11.4 Å². The fraction of sp³-hybridized carbons (Fsp3) is 0.273. The van der Waals surface area contributed by atoms with Crippen LogP contribution < -0.4 is 15.5 Å². The Kier molecular flexibility index (Phi) is 8.56. The Morgan fingerprint density at radius 3 is 2.41 bits per heavy atom. The van der Waals surface area contributed by atoms with Gasteiger partial charge in [-0.15, -0.1) is 11.6 Å². The molecule has 2 heterocycles. The predicted molar refractivity (Wildman–Crippen MR) is 166 cm³/mol. The number of hydrogen-bond acceptors (Lipinski definition) is 4. The van der Waals surface area contributed by atoms with E-state index in [1.165, 1.54) is 18.2 Å². The van der Waals surface area contributed by atoms with E-state index in [9.17, 15) is 23.2 Å². The number of nitrogens with one attached hydrogen (secondary N) is 2. The molecule has 228 valence electrons. The zero-order valence-corrected chi connectivity index (χ0v) is 25.4. The van der Waals surface area contributed by atoms with Crippen molar-refractivity contribution >= 4 is 40.8 Å². The minimum atomic E-state index is -3.15. The number of nitrogens with zero attached hydrogens (tertiary/aromatic N) is 3. The summed E-state index contributed by atoms with van der Waals surface area (Å²) >= 11 is 5.98. The highest BCUT2D eigenvalue weighted by atomic mass is 35.5. The van der Waals surface area contributed by atoms with Crippen LogP contribution in [-0.2, 0) is 15.5 Å². The van der Waals surface area contributed by atoms with E-state index in [-0.39, 0.29) is 17.7 Å². The summed E-state index contributed by atoms with van der Waals surface area (Å²) in [6, 6.07) is 20.4. The van der Waals surface area contributed by atoms with Crippen LogP contribution in [0.4, 0.5) is 20.3 Å². The molecule has 0 radical (unpaired) electrons. The highest BCUT2D eigenvalue weighted by Crippen LogP contribution is 2.44. The second-order valence-electron chi connectivity index (χ2n) is 10.8. The summed E-state index contributed by atoms with van der Waals surface area (Å²) in [5.41, 5.74) is 2.87. The maximum absolute atomic E-state index is 14.3.